The van der Waals surface area contributed by atoms with Gasteiger partial charge < -0.3 is 68.9 Å². The molecule has 1 unspecified atom stereocenters. The van der Waals surface area contributed by atoms with Crippen LogP contribution in [-0.4, -0.2) is 155 Å². The first kappa shape index (κ1) is 72.8. The van der Waals surface area contributed by atoms with Crippen LogP contribution in [0.25, 0.3) is 0 Å². The van der Waals surface area contributed by atoms with Gasteiger partial charge in [0.2, 0.25) is 65.0 Å². The van der Waals surface area contributed by atoms with E-state index in [0.29, 0.717) is 37.7 Å². The fourth-order valence-corrected chi connectivity index (χ4v) is 10.2. The zero-order valence-electron chi connectivity index (χ0n) is 52.1. The smallest absolute Gasteiger partial charge is 0.270 e. The van der Waals surface area contributed by atoms with Crippen LogP contribution in [0.5, 0.6) is 0 Å². The van der Waals surface area contributed by atoms with Crippen LogP contribution in [0.1, 0.15) is 165 Å². The number of nitrogens with zero attached hydrogens (tertiary/aromatic N) is 1. The molecule has 0 aromatic heterocycles. The van der Waals surface area contributed by atoms with E-state index in [-0.39, 0.29) is 75.4 Å². The van der Waals surface area contributed by atoms with Gasteiger partial charge in [0, 0.05) is 38.5 Å². The second-order valence-electron chi connectivity index (χ2n) is 23.6. The van der Waals surface area contributed by atoms with Crippen molar-refractivity contribution in [2.24, 2.45) is 29.4 Å². The molecular formula is C61H98N12O13. The van der Waals surface area contributed by atoms with Crippen molar-refractivity contribution in [2.45, 2.75) is 220 Å². The third-order valence-corrected chi connectivity index (χ3v) is 15.5. The van der Waals surface area contributed by atoms with Gasteiger partial charge in [-0.15, -0.1) is 0 Å². The second kappa shape index (κ2) is 37.2. The van der Waals surface area contributed by atoms with Crippen molar-refractivity contribution in [1.29, 1.82) is 0 Å². The lowest BCUT2D eigenvalue weighted by atomic mass is 9.93. The first-order valence-corrected chi connectivity index (χ1v) is 30.7. The van der Waals surface area contributed by atoms with Gasteiger partial charge in [0.25, 0.3) is 5.91 Å². The van der Waals surface area contributed by atoms with Crippen molar-refractivity contribution in [3.63, 3.8) is 0 Å². The van der Waals surface area contributed by atoms with Gasteiger partial charge in [0.15, 0.2) is 0 Å². The van der Waals surface area contributed by atoms with E-state index in [1.165, 1.54) is 17.9 Å². The molecule has 25 nitrogen and oxygen atoms in total. The molecule has 2 aliphatic heterocycles. The SMILES string of the molecule is C/C=C1/NC(=O)[C@H](CCC(N)=O)NC(=O)CC(CCCCC)NC(=O)CNC(=O)[C@H](CC(C)C)NC(=O)[C@@H]([C@@H](C)CC)NC(=O)[C@H]([C@@H](C)CC)NC(=O)[C@@H](CC(C)C)NC(=O)[C@@H](Cc2ccccc2)NC(=O)[C@H](CCO)NC(=O)[C@@H]2CCCN2C1=O. The van der Waals surface area contributed by atoms with Gasteiger partial charge >= 0.3 is 0 Å². The summed E-state index contributed by atoms with van der Waals surface area (Å²) in [5.41, 5.74) is 5.81. The number of carbonyl (C=O) groups excluding carboxylic acids is 12. The second-order valence-corrected chi connectivity index (χ2v) is 23.6. The number of rotatable bonds is 19. The highest BCUT2D eigenvalue weighted by molar-refractivity contribution is 6.02. The minimum absolute atomic E-state index is 0.0541. The van der Waals surface area contributed by atoms with Crippen LogP contribution >= 0.6 is 0 Å². The number of benzene rings is 1. The number of hydrogen-bond acceptors (Lipinski definition) is 13. The van der Waals surface area contributed by atoms with Gasteiger partial charge in [-0.2, -0.15) is 0 Å². The summed E-state index contributed by atoms with van der Waals surface area (Å²) < 4.78 is 0. The quantitative estimate of drug-likeness (QED) is 0.0682. The largest absolute Gasteiger partial charge is 0.396 e. The molecule has 2 aliphatic rings. The number of hydrogen-bond donors (Lipinski definition) is 12. The van der Waals surface area contributed by atoms with Gasteiger partial charge in [0.1, 0.15) is 54.0 Å². The Balaban J connectivity index is 2.18. The van der Waals surface area contributed by atoms with Gasteiger partial charge in [0.05, 0.1) is 6.54 Å². The zero-order chi connectivity index (χ0) is 64.2. The summed E-state index contributed by atoms with van der Waals surface area (Å²) in [5.74, 6) is -10.4. The number of nitrogens with two attached hydrogens (primary N) is 1. The Morgan fingerprint density at radius 1 is 0.616 bits per heavy atom. The summed E-state index contributed by atoms with van der Waals surface area (Å²) in [6.45, 7) is 16.8. The number of primary amides is 1. The zero-order valence-corrected chi connectivity index (χ0v) is 52.1. The maximum atomic E-state index is 14.6. The number of unbranched alkanes of at least 4 members (excludes halogenated alkanes) is 2. The van der Waals surface area contributed by atoms with Crippen molar-refractivity contribution in [3.05, 3.63) is 47.7 Å². The van der Waals surface area contributed by atoms with Crippen LogP contribution < -0.4 is 58.9 Å². The maximum absolute atomic E-state index is 14.6. The molecular weight excluding hydrogens is 1110 g/mol. The van der Waals surface area contributed by atoms with Gasteiger partial charge in [-0.3, -0.25) is 57.5 Å². The molecule has 480 valence electrons. The van der Waals surface area contributed by atoms with E-state index < -0.39 is 150 Å². The van der Waals surface area contributed by atoms with Crippen LogP contribution in [0.15, 0.2) is 42.1 Å². The maximum Gasteiger partial charge on any atom is 0.270 e. The van der Waals surface area contributed by atoms with Crippen molar-refractivity contribution < 1.29 is 62.6 Å². The molecule has 0 aliphatic carbocycles. The Labute approximate surface area is 506 Å². The van der Waals surface area contributed by atoms with Crippen LogP contribution in [0.3, 0.4) is 0 Å². The molecule has 25 heteroatoms. The molecule has 1 aromatic rings. The summed E-state index contributed by atoms with van der Waals surface area (Å²) in [5, 5.41) is 37.4. The summed E-state index contributed by atoms with van der Waals surface area (Å²) in [6, 6.07) is -2.39. The van der Waals surface area contributed by atoms with E-state index in [4.69, 9.17) is 5.73 Å². The predicted molar refractivity (Wildman–Crippen MR) is 322 cm³/mol. The minimum atomic E-state index is -1.45. The molecule has 13 N–H and O–H groups in total. The molecule has 2 saturated heterocycles. The molecule has 0 bridgehead atoms. The molecule has 0 spiro atoms. The van der Waals surface area contributed by atoms with Crippen molar-refractivity contribution in [1.82, 2.24) is 58.1 Å². The van der Waals surface area contributed by atoms with Crippen LogP contribution in [0.2, 0.25) is 0 Å². The molecule has 12 amide bonds. The monoisotopic (exact) mass is 1210 g/mol. The molecule has 2 heterocycles. The highest BCUT2D eigenvalue weighted by Crippen LogP contribution is 2.21. The third kappa shape index (κ3) is 24.1. The highest BCUT2D eigenvalue weighted by atomic mass is 16.3. The van der Waals surface area contributed by atoms with Crippen molar-refractivity contribution >= 4 is 70.9 Å². The van der Waals surface area contributed by atoms with E-state index in [9.17, 15) is 62.6 Å². The van der Waals surface area contributed by atoms with Crippen LogP contribution in [0, 0.1) is 23.7 Å². The number of carbonyl (C=O) groups is 12. The lowest BCUT2D eigenvalue weighted by molar-refractivity contribution is -0.138. The topological polar surface area (TPSA) is 375 Å². The van der Waals surface area contributed by atoms with Crippen molar-refractivity contribution in [3.8, 4) is 0 Å². The number of nitrogens with one attached hydrogen (secondary N) is 10. The lowest BCUT2D eigenvalue weighted by Gasteiger charge is -2.31. The first-order valence-electron chi connectivity index (χ1n) is 30.7. The number of aliphatic hydroxyl groups excluding tert-OH is 1. The fraction of sp³-hybridized carbons (Fsp3) is 0.672. The molecule has 11 atom stereocenters. The molecule has 2 fully saturated rings. The van der Waals surface area contributed by atoms with E-state index >= 15 is 0 Å². The average molecular weight is 1210 g/mol. The van der Waals surface area contributed by atoms with Crippen molar-refractivity contribution in [2.75, 3.05) is 19.7 Å². The van der Waals surface area contributed by atoms with E-state index in [2.05, 4.69) is 53.2 Å². The summed E-state index contributed by atoms with van der Waals surface area (Å²) in [4.78, 5) is 170. The Bertz CT molecular complexity index is 2510. The number of amides is 12. The fourth-order valence-electron chi connectivity index (χ4n) is 10.2. The van der Waals surface area contributed by atoms with Gasteiger partial charge in [-0.1, -0.05) is 131 Å². The molecule has 3 rings (SSSR count). The van der Waals surface area contributed by atoms with E-state index in [1.54, 1.807) is 44.2 Å². The molecule has 1 aromatic carbocycles. The Morgan fingerprint density at radius 3 is 1.72 bits per heavy atom. The third-order valence-electron chi connectivity index (χ3n) is 15.5. The van der Waals surface area contributed by atoms with Crippen LogP contribution in [0.4, 0.5) is 0 Å². The summed E-state index contributed by atoms with van der Waals surface area (Å²) in [7, 11) is 0. The van der Waals surface area contributed by atoms with Gasteiger partial charge in [-0.25, -0.2) is 0 Å². The Hall–Kier alpha value is -7.44. The summed E-state index contributed by atoms with van der Waals surface area (Å²) in [6.07, 6.45) is 3.92. The number of aliphatic hydroxyl groups is 1. The van der Waals surface area contributed by atoms with Crippen LogP contribution in [-0.2, 0) is 64.0 Å². The van der Waals surface area contributed by atoms with Gasteiger partial charge in [-0.05, 0) is 81.1 Å². The lowest BCUT2D eigenvalue weighted by Crippen LogP contribution is -2.62. The Kier molecular flexibility index (Phi) is 31.5. The average Bonchev–Trinajstić information content (AvgIpc) is 4.14. The molecule has 0 saturated carbocycles. The Morgan fingerprint density at radius 2 is 1.15 bits per heavy atom. The first-order chi connectivity index (χ1) is 40.8. The standard InChI is InChI=1S/C61H98N12O13/c1-11-15-17-23-40-33-49(76)65-42(25-26-48(62)75)54(79)66-41(14-4)61(86)73-28-20-24-47(73)58(83)67-43(27-29-74)55(80)69-46(32-39-21-18-16-19-22-39)56(81)68-45(31-36(7)8)57(82)71-52(38(10)13-3)60(85)72-51(37(9)12-2)59(84)70-44(30-35(5)6)53(78)63-34-50(77)64-40/h14,16,18-19,21-22,35-38,40,42-47,51-52,74H,11-13,15,17,20,23-34H2,1-10H3,(H2,62,75)(H,63,78)(H,64,77)(H,65,76)(H,66,79)(H,67,83)(H,68,81)(H,69,80)(H,70,84)(H,71,82)(H,72,85)/b41-14+/t37-,38-,40?,42-,43-,44-,45+,46+,47-,51+,52-/m0/s1. The molecule has 0 radical (unpaired) electrons. The highest BCUT2D eigenvalue weighted by Gasteiger charge is 2.40. The van der Waals surface area contributed by atoms with E-state index in [1.807, 2.05) is 48.5 Å². The molecule has 86 heavy (non-hydrogen) atoms. The normalized spacial score (nSPS) is 25.9. The number of allylic oxidation sites excluding steroid dienone is 1. The summed E-state index contributed by atoms with van der Waals surface area (Å²) >= 11 is 0. The number of fused-ring (bicyclic) bond motifs is 1. The van der Waals surface area contributed by atoms with E-state index in [0.717, 1.165) is 12.8 Å². The minimum Gasteiger partial charge on any atom is -0.396 e. The predicted octanol–water partition coefficient (Wildman–Crippen LogP) is 1.05.